The highest BCUT2D eigenvalue weighted by molar-refractivity contribution is 5.83. The molecule has 96 valence electrons. The molecule has 1 heterocycles. The fraction of sp³-hybridized carbons (Fsp3) is 0.500. The smallest absolute Gasteiger partial charge is 0.258 e. The van der Waals surface area contributed by atoms with Gasteiger partial charge in [-0.05, 0) is 12.5 Å². The van der Waals surface area contributed by atoms with Gasteiger partial charge in [0, 0.05) is 6.07 Å². The third-order valence-corrected chi connectivity index (χ3v) is 2.84. The molecule has 0 spiro atoms. The minimum absolute atomic E-state index is 0.0207. The van der Waals surface area contributed by atoms with Gasteiger partial charge in [0.2, 0.25) is 0 Å². The summed E-state index contributed by atoms with van der Waals surface area (Å²) in [7, 11) is 0. The highest BCUT2D eigenvalue weighted by atomic mass is 16.6. The molecular weight excluding hydrogens is 232 g/mol. The van der Waals surface area contributed by atoms with Crippen molar-refractivity contribution in [2.45, 2.75) is 39.2 Å². The summed E-state index contributed by atoms with van der Waals surface area (Å²) in [6.45, 7) is 2.87. The van der Waals surface area contributed by atoms with Crippen molar-refractivity contribution in [3.05, 3.63) is 28.3 Å². The average molecular weight is 248 g/mol. The predicted octanol–water partition coefficient (Wildman–Crippen LogP) is 2.92. The number of nitro groups is 1. The normalized spacial score (nSPS) is 10.9. The summed E-state index contributed by atoms with van der Waals surface area (Å²) in [5.74, 6) is 0. The second kappa shape index (κ2) is 5.57. The second-order valence-corrected chi connectivity index (χ2v) is 4.26. The zero-order chi connectivity index (χ0) is 13.0. The summed E-state index contributed by atoms with van der Waals surface area (Å²) in [5.41, 5.74) is 0.977. The van der Waals surface area contributed by atoms with Gasteiger partial charge in [-0.15, -0.1) is 5.10 Å². The number of aromatic nitrogens is 3. The third kappa shape index (κ3) is 2.64. The van der Waals surface area contributed by atoms with Gasteiger partial charge in [0.15, 0.2) is 5.52 Å². The van der Waals surface area contributed by atoms with E-state index < -0.39 is 4.92 Å². The second-order valence-electron chi connectivity index (χ2n) is 4.26. The quantitative estimate of drug-likeness (QED) is 0.447. The Bertz CT molecular complexity index is 550. The van der Waals surface area contributed by atoms with Crippen LogP contribution < -0.4 is 0 Å². The SMILES string of the molecule is CCCCCCn1nc2cccc([N+](=O)[O-])c2n1. The number of fused-ring (bicyclic) bond motifs is 1. The summed E-state index contributed by atoms with van der Waals surface area (Å²) in [4.78, 5) is 12.0. The molecule has 0 radical (unpaired) electrons. The lowest BCUT2D eigenvalue weighted by Gasteiger charge is -1.98. The molecule has 0 aliphatic carbocycles. The molecule has 0 amide bonds. The number of unbranched alkanes of at least 4 members (excludes halogenated alkanes) is 3. The molecule has 1 aromatic heterocycles. The van der Waals surface area contributed by atoms with Gasteiger partial charge in [0.1, 0.15) is 5.52 Å². The molecule has 0 aliphatic heterocycles. The molecule has 0 atom stereocenters. The molecule has 2 rings (SSSR count). The van der Waals surface area contributed by atoms with Crippen LogP contribution in [0.1, 0.15) is 32.6 Å². The van der Waals surface area contributed by atoms with E-state index in [1.807, 2.05) is 0 Å². The van der Waals surface area contributed by atoms with E-state index in [2.05, 4.69) is 17.1 Å². The van der Waals surface area contributed by atoms with Crippen LogP contribution in [-0.4, -0.2) is 19.9 Å². The molecular formula is C12H16N4O2. The lowest BCUT2D eigenvalue weighted by molar-refractivity contribution is -0.383. The molecule has 6 heteroatoms. The van der Waals surface area contributed by atoms with E-state index in [0.717, 1.165) is 12.8 Å². The zero-order valence-corrected chi connectivity index (χ0v) is 10.4. The van der Waals surface area contributed by atoms with Gasteiger partial charge in [-0.3, -0.25) is 10.1 Å². The molecule has 18 heavy (non-hydrogen) atoms. The van der Waals surface area contributed by atoms with Gasteiger partial charge in [-0.2, -0.15) is 9.90 Å². The van der Waals surface area contributed by atoms with E-state index in [1.54, 1.807) is 16.9 Å². The van der Waals surface area contributed by atoms with Crippen molar-refractivity contribution in [1.82, 2.24) is 15.0 Å². The number of nitro benzene ring substituents is 1. The van der Waals surface area contributed by atoms with Crippen molar-refractivity contribution >= 4 is 16.7 Å². The van der Waals surface area contributed by atoms with Gasteiger partial charge >= 0.3 is 0 Å². The molecule has 2 aromatic rings. The minimum Gasteiger partial charge on any atom is -0.258 e. The summed E-state index contributed by atoms with van der Waals surface area (Å²) < 4.78 is 0. The Morgan fingerprint density at radius 3 is 2.83 bits per heavy atom. The Morgan fingerprint density at radius 1 is 1.28 bits per heavy atom. The first-order valence-electron chi connectivity index (χ1n) is 6.20. The third-order valence-electron chi connectivity index (χ3n) is 2.84. The van der Waals surface area contributed by atoms with Gasteiger partial charge in [-0.1, -0.05) is 32.3 Å². The van der Waals surface area contributed by atoms with Crippen LogP contribution in [0.15, 0.2) is 18.2 Å². The van der Waals surface area contributed by atoms with E-state index in [0.29, 0.717) is 17.6 Å². The molecule has 0 fully saturated rings. The number of benzene rings is 1. The Morgan fingerprint density at radius 2 is 2.11 bits per heavy atom. The van der Waals surface area contributed by atoms with Crippen LogP contribution in [0.4, 0.5) is 5.69 Å². The van der Waals surface area contributed by atoms with Gasteiger partial charge in [0.25, 0.3) is 5.69 Å². The van der Waals surface area contributed by atoms with Crippen molar-refractivity contribution in [3.63, 3.8) is 0 Å². The largest absolute Gasteiger partial charge is 0.299 e. The maximum absolute atomic E-state index is 10.9. The molecule has 0 aliphatic rings. The Hall–Kier alpha value is -1.98. The summed E-state index contributed by atoms with van der Waals surface area (Å²) in [6, 6.07) is 4.84. The number of hydrogen-bond acceptors (Lipinski definition) is 4. The predicted molar refractivity (Wildman–Crippen MR) is 68.3 cm³/mol. The topological polar surface area (TPSA) is 73.8 Å². The zero-order valence-electron chi connectivity index (χ0n) is 10.4. The van der Waals surface area contributed by atoms with Crippen molar-refractivity contribution in [2.75, 3.05) is 0 Å². The monoisotopic (exact) mass is 248 g/mol. The van der Waals surface area contributed by atoms with Crippen LogP contribution >= 0.6 is 0 Å². The highest BCUT2D eigenvalue weighted by Crippen LogP contribution is 2.21. The van der Waals surface area contributed by atoms with E-state index in [1.165, 1.54) is 18.9 Å². The van der Waals surface area contributed by atoms with E-state index in [-0.39, 0.29) is 5.69 Å². The van der Waals surface area contributed by atoms with Crippen molar-refractivity contribution in [2.24, 2.45) is 0 Å². The van der Waals surface area contributed by atoms with Gasteiger partial charge < -0.3 is 0 Å². The van der Waals surface area contributed by atoms with Crippen LogP contribution in [-0.2, 0) is 6.54 Å². The maximum atomic E-state index is 10.9. The van der Waals surface area contributed by atoms with Crippen LogP contribution in [0.25, 0.3) is 11.0 Å². The Labute approximate surface area is 105 Å². The first kappa shape index (κ1) is 12.5. The fourth-order valence-electron chi connectivity index (χ4n) is 1.89. The fourth-order valence-corrected chi connectivity index (χ4v) is 1.89. The summed E-state index contributed by atoms with van der Waals surface area (Å²) in [5, 5.41) is 19.3. The lowest BCUT2D eigenvalue weighted by Crippen LogP contribution is -2.02. The van der Waals surface area contributed by atoms with E-state index in [4.69, 9.17) is 0 Å². The first-order chi connectivity index (χ1) is 8.72. The number of non-ortho nitro benzene ring substituents is 1. The highest BCUT2D eigenvalue weighted by Gasteiger charge is 2.15. The molecule has 0 N–H and O–H groups in total. The first-order valence-corrected chi connectivity index (χ1v) is 6.20. The molecule has 0 saturated carbocycles. The van der Waals surface area contributed by atoms with Crippen LogP contribution in [0.2, 0.25) is 0 Å². The molecule has 1 aromatic carbocycles. The molecule has 0 saturated heterocycles. The molecule has 6 nitrogen and oxygen atoms in total. The average Bonchev–Trinajstić information content (AvgIpc) is 2.76. The molecule has 0 unspecified atom stereocenters. The minimum atomic E-state index is -0.418. The van der Waals surface area contributed by atoms with Gasteiger partial charge in [-0.25, -0.2) is 0 Å². The van der Waals surface area contributed by atoms with Crippen molar-refractivity contribution in [3.8, 4) is 0 Å². The number of aryl methyl sites for hydroxylation is 1. The van der Waals surface area contributed by atoms with E-state index in [9.17, 15) is 10.1 Å². The summed E-state index contributed by atoms with van der Waals surface area (Å²) >= 11 is 0. The van der Waals surface area contributed by atoms with Crippen molar-refractivity contribution < 1.29 is 4.92 Å². The number of nitrogens with zero attached hydrogens (tertiary/aromatic N) is 4. The summed E-state index contributed by atoms with van der Waals surface area (Å²) in [6.07, 6.45) is 4.51. The Balaban J connectivity index is 2.17. The lowest BCUT2D eigenvalue weighted by atomic mass is 10.2. The van der Waals surface area contributed by atoms with Crippen LogP contribution in [0, 0.1) is 10.1 Å². The van der Waals surface area contributed by atoms with Crippen molar-refractivity contribution in [1.29, 1.82) is 0 Å². The van der Waals surface area contributed by atoms with Crippen LogP contribution in [0.5, 0.6) is 0 Å². The maximum Gasteiger partial charge on any atom is 0.299 e. The van der Waals surface area contributed by atoms with Gasteiger partial charge in [0.05, 0.1) is 11.5 Å². The standard InChI is InChI=1S/C12H16N4O2/c1-2-3-4-5-9-15-13-10-7-6-8-11(16(17)18)12(10)14-15/h6-8H,2-5,9H2,1H3. The Kier molecular flexibility index (Phi) is 3.86. The number of hydrogen-bond donors (Lipinski definition) is 0. The molecule has 0 bridgehead atoms. The van der Waals surface area contributed by atoms with Crippen LogP contribution in [0.3, 0.4) is 0 Å². The van der Waals surface area contributed by atoms with E-state index >= 15 is 0 Å². The number of rotatable bonds is 6.